The van der Waals surface area contributed by atoms with Crippen molar-refractivity contribution >= 4 is 5.95 Å². The molecular formula is C18H16N4. The highest BCUT2D eigenvalue weighted by Gasteiger charge is 2.03. The van der Waals surface area contributed by atoms with Crippen LogP contribution in [0.25, 0.3) is 11.3 Å². The summed E-state index contributed by atoms with van der Waals surface area (Å²) in [5.74, 6) is 0.398. The van der Waals surface area contributed by atoms with Crippen molar-refractivity contribution in [1.82, 2.24) is 9.97 Å². The quantitative estimate of drug-likeness (QED) is 0.651. The lowest BCUT2D eigenvalue weighted by molar-refractivity contribution is 0.921. The summed E-state index contributed by atoms with van der Waals surface area (Å²) in [6.45, 7) is 2.46. The Balaban J connectivity index is 1.81. The van der Waals surface area contributed by atoms with Crippen LogP contribution < -0.4 is 0 Å². The van der Waals surface area contributed by atoms with Crippen LogP contribution in [0, 0.1) is 6.92 Å². The summed E-state index contributed by atoms with van der Waals surface area (Å²) in [5.41, 5.74) is 3.90. The molecule has 4 heteroatoms. The fourth-order valence-electron chi connectivity index (χ4n) is 2.12. The van der Waals surface area contributed by atoms with E-state index in [-0.39, 0.29) is 0 Å². The van der Waals surface area contributed by atoms with E-state index in [1.807, 2.05) is 73.7 Å². The van der Waals surface area contributed by atoms with E-state index in [0.717, 1.165) is 22.5 Å². The maximum Gasteiger partial charge on any atom is 0.269 e. The van der Waals surface area contributed by atoms with Crippen molar-refractivity contribution in [2.75, 3.05) is 0 Å². The zero-order valence-electron chi connectivity index (χ0n) is 12.3. The van der Waals surface area contributed by atoms with Gasteiger partial charge < -0.3 is 0 Å². The van der Waals surface area contributed by atoms with Gasteiger partial charge in [-0.15, -0.1) is 5.11 Å². The summed E-state index contributed by atoms with van der Waals surface area (Å²) < 4.78 is 0. The molecule has 0 saturated heterocycles. The van der Waals surface area contributed by atoms with Gasteiger partial charge in [0.1, 0.15) is 0 Å². The number of hydrogen-bond donors (Lipinski definition) is 0. The van der Waals surface area contributed by atoms with Crippen molar-refractivity contribution < 1.29 is 0 Å². The molecule has 0 bridgehead atoms. The fraction of sp³-hybridized carbons (Fsp3) is 0.111. The second kappa shape index (κ2) is 6.72. The Morgan fingerprint density at radius 2 is 1.55 bits per heavy atom. The maximum absolute atomic E-state index is 4.46. The van der Waals surface area contributed by atoms with E-state index in [0.29, 0.717) is 12.5 Å². The molecule has 0 unspecified atom stereocenters. The fourth-order valence-corrected chi connectivity index (χ4v) is 2.12. The molecule has 0 radical (unpaired) electrons. The molecule has 0 atom stereocenters. The van der Waals surface area contributed by atoms with Crippen LogP contribution in [0.4, 0.5) is 5.95 Å². The summed E-state index contributed by atoms with van der Waals surface area (Å²) in [6.07, 6.45) is 0. The van der Waals surface area contributed by atoms with Gasteiger partial charge in [0.05, 0.1) is 12.2 Å². The number of rotatable bonds is 4. The largest absolute Gasteiger partial charge is 0.269 e. The molecular weight excluding hydrogens is 272 g/mol. The van der Waals surface area contributed by atoms with Crippen LogP contribution in [0.3, 0.4) is 0 Å². The molecule has 0 amide bonds. The Kier molecular flexibility index (Phi) is 4.30. The van der Waals surface area contributed by atoms with Crippen LogP contribution >= 0.6 is 0 Å². The van der Waals surface area contributed by atoms with E-state index >= 15 is 0 Å². The Bertz CT molecular complexity index is 768. The summed E-state index contributed by atoms with van der Waals surface area (Å²) in [7, 11) is 0. The van der Waals surface area contributed by atoms with Crippen molar-refractivity contribution in [3.8, 4) is 11.3 Å². The first kappa shape index (κ1) is 14.1. The SMILES string of the molecule is Cc1cc(-c2ccccc2)nc(N=NCc2ccccc2)n1. The zero-order valence-corrected chi connectivity index (χ0v) is 12.3. The topological polar surface area (TPSA) is 50.5 Å². The highest BCUT2D eigenvalue weighted by atomic mass is 15.2. The maximum atomic E-state index is 4.46. The molecule has 1 aromatic heterocycles. The predicted octanol–water partition coefficient (Wildman–Crippen LogP) is 4.74. The monoisotopic (exact) mass is 288 g/mol. The molecule has 2 aromatic carbocycles. The van der Waals surface area contributed by atoms with Gasteiger partial charge in [-0.1, -0.05) is 60.7 Å². The van der Waals surface area contributed by atoms with Crippen LogP contribution in [-0.2, 0) is 6.54 Å². The number of benzene rings is 2. The average Bonchev–Trinajstić information content (AvgIpc) is 2.56. The molecule has 4 nitrogen and oxygen atoms in total. The van der Waals surface area contributed by atoms with E-state index in [2.05, 4.69) is 20.2 Å². The lowest BCUT2D eigenvalue weighted by Crippen LogP contribution is -1.90. The predicted molar refractivity (Wildman–Crippen MR) is 86.9 cm³/mol. The van der Waals surface area contributed by atoms with E-state index in [1.165, 1.54) is 0 Å². The highest BCUT2D eigenvalue weighted by molar-refractivity contribution is 5.60. The molecule has 108 valence electrons. The van der Waals surface area contributed by atoms with Crippen molar-refractivity contribution in [3.63, 3.8) is 0 Å². The van der Waals surface area contributed by atoms with Gasteiger partial charge in [-0.2, -0.15) is 5.11 Å². The third-order valence-corrected chi connectivity index (χ3v) is 3.17. The smallest absolute Gasteiger partial charge is 0.215 e. The van der Waals surface area contributed by atoms with Gasteiger partial charge in [0.25, 0.3) is 5.95 Å². The van der Waals surface area contributed by atoms with Gasteiger partial charge in [0.2, 0.25) is 0 Å². The average molecular weight is 288 g/mol. The van der Waals surface area contributed by atoms with Crippen LogP contribution in [0.5, 0.6) is 0 Å². The van der Waals surface area contributed by atoms with Crippen LogP contribution in [0.2, 0.25) is 0 Å². The van der Waals surface area contributed by atoms with E-state index in [1.54, 1.807) is 0 Å². The van der Waals surface area contributed by atoms with Crippen molar-refractivity contribution in [2.45, 2.75) is 13.5 Å². The third-order valence-electron chi connectivity index (χ3n) is 3.17. The van der Waals surface area contributed by atoms with Gasteiger partial charge in [0.15, 0.2) is 0 Å². The van der Waals surface area contributed by atoms with Gasteiger partial charge >= 0.3 is 0 Å². The lowest BCUT2D eigenvalue weighted by atomic mass is 10.1. The number of hydrogen-bond acceptors (Lipinski definition) is 4. The van der Waals surface area contributed by atoms with Crippen LogP contribution in [-0.4, -0.2) is 9.97 Å². The first-order valence-electron chi connectivity index (χ1n) is 7.14. The molecule has 0 aliphatic carbocycles. The molecule has 3 aromatic rings. The molecule has 1 heterocycles. The zero-order chi connectivity index (χ0) is 15.2. The summed E-state index contributed by atoms with van der Waals surface area (Å²) >= 11 is 0. The van der Waals surface area contributed by atoms with E-state index < -0.39 is 0 Å². The molecule has 0 N–H and O–H groups in total. The van der Waals surface area contributed by atoms with Crippen molar-refractivity contribution in [2.24, 2.45) is 10.2 Å². The minimum atomic E-state index is 0.398. The lowest BCUT2D eigenvalue weighted by Gasteiger charge is -2.02. The van der Waals surface area contributed by atoms with Gasteiger partial charge in [-0.05, 0) is 18.6 Å². The van der Waals surface area contributed by atoms with Gasteiger partial charge in [-0.25, -0.2) is 9.97 Å². The number of aryl methyl sites for hydroxylation is 1. The second-order valence-corrected chi connectivity index (χ2v) is 4.95. The Hall–Kier alpha value is -2.88. The molecule has 3 rings (SSSR count). The molecule has 22 heavy (non-hydrogen) atoms. The van der Waals surface area contributed by atoms with Crippen molar-refractivity contribution in [3.05, 3.63) is 78.0 Å². The minimum Gasteiger partial charge on any atom is -0.215 e. The highest BCUT2D eigenvalue weighted by Crippen LogP contribution is 2.20. The minimum absolute atomic E-state index is 0.398. The van der Waals surface area contributed by atoms with Crippen LogP contribution in [0.15, 0.2) is 77.0 Å². The molecule has 0 aliphatic rings. The number of nitrogens with zero attached hydrogens (tertiary/aromatic N) is 4. The summed E-state index contributed by atoms with van der Waals surface area (Å²) in [4.78, 5) is 8.78. The van der Waals surface area contributed by atoms with Gasteiger partial charge in [-0.3, -0.25) is 0 Å². The number of azo groups is 1. The Morgan fingerprint density at radius 3 is 2.27 bits per heavy atom. The molecule has 0 aliphatic heterocycles. The molecule has 0 saturated carbocycles. The third kappa shape index (κ3) is 3.61. The molecule has 0 spiro atoms. The summed E-state index contributed by atoms with van der Waals surface area (Å²) in [5, 5.41) is 8.34. The van der Waals surface area contributed by atoms with E-state index in [4.69, 9.17) is 0 Å². The normalized spacial score (nSPS) is 11.0. The van der Waals surface area contributed by atoms with Gasteiger partial charge in [0, 0.05) is 11.3 Å². The van der Waals surface area contributed by atoms with Crippen LogP contribution in [0.1, 0.15) is 11.3 Å². The van der Waals surface area contributed by atoms with E-state index in [9.17, 15) is 0 Å². The summed E-state index contributed by atoms with van der Waals surface area (Å²) in [6, 6.07) is 22.0. The van der Waals surface area contributed by atoms with Crippen molar-refractivity contribution in [1.29, 1.82) is 0 Å². The molecule has 0 fully saturated rings. The Morgan fingerprint density at radius 1 is 0.864 bits per heavy atom. The standard InChI is InChI=1S/C18H16N4/c1-14-12-17(16-10-6-3-7-11-16)21-18(20-14)22-19-13-15-8-4-2-5-9-15/h2-12H,13H2,1H3. The second-order valence-electron chi connectivity index (χ2n) is 4.95. The first-order valence-corrected chi connectivity index (χ1v) is 7.14. The number of aromatic nitrogens is 2. The Labute approximate surface area is 129 Å². The first-order chi connectivity index (χ1) is 10.8.